The SMILES string of the molecule is Nc1cccc2c1CN(c1cc(=O)[nH]c(C3CC3)n1)CC2. The van der Waals surface area contributed by atoms with Gasteiger partial charge in [-0.05, 0) is 36.5 Å². The van der Waals surface area contributed by atoms with Crippen molar-refractivity contribution in [2.45, 2.75) is 31.7 Å². The van der Waals surface area contributed by atoms with Crippen LogP contribution in [0.3, 0.4) is 0 Å². The molecule has 0 atom stereocenters. The second-order valence-electron chi connectivity index (χ2n) is 5.92. The summed E-state index contributed by atoms with van der Waals surface area (Å²) in [6.07, 6.45) is 3.19. The third-order valence-corrected chi connectivity index (χ3v) is 4.34. The normalized spacial score (nSPS) is 17.6. The van der Waals surface area contributed by atoms with Crippen LogP contribution in [0, 0.1) is 0 Å². The molecule has 0 radical (unpaired) electrons. The number of H-pyrrole nitrogens is 1. The Bertz CT molecular complexity index is 748. The number of benzene rings is 1. The summed E-state index contributed by atoms with van der Waals surface area (Å²) in [6, 6.07) is 7.66. The highest BCUT2D eigenvalue weighted by molar-refractivity contribution is 5.55. The Balaban J connectivity index is 1.69. The van der Waals surface area contributed by atoms with Crippen molar-refractivity contribution in [1.29, 1.82) is 0 Å². The second-order valence-corrected chi connectivity index (χ2v) is 5.92. The van der Waals surface area contributed by atoms with Crippen molar-refractivity contribution in [1.82, 2.24) is 9.97 Å². The number of aromatic amines is 1. The topological polar surface area (TPSA) is 75.0 Å². The smallest absolute Gasteiger partial charge is 0.252 e. The number of hydrogen-bond acceptors (Lipinski definition) is 4. The highest BCUT2D eigenvalue weighted by Crippen LogP contribution is 2.38. The number of aromatic nitrogens is 2. The van der Waals surface area contributed by atoms with E-state index < -0.39 is 0 Å². The van der Waals surface area contributed by atoms with Crippen molar-refractivity contribution in [3.63, 3.8) is 0 Å². The maximum atomic E-state index is 11.9. The number of nitrogens with one attached hydrogen (secondary N) is 1. The van der Waals surface area contributed by atoms with E-state index in [1.165, 1.54) is 11.1 Å². The molecule has 21 heavy (non-hydrogen) atoms. The summed E-state index contributed by atoms with van der Waals surface area (Å²) in [6.45, 7) is 1.60. The maximum Gasteiger partial charge on any atom is 0.252 e. The molecule has 1 aromatic carbocycles. The average molecular weight is 282 g/mol. The van der Waals surface area contributed by atoms with Crippen molar-refractivity contribution in [2.75, 3.05) is 17.2 Å². The van der Waals surface area contributed by atoms with Crippen molar-refractivity contribution in [2.24, 2.45) is 0 Å². The van der Waals surface area contributed by atoms with Crippen LogP contribution in [0.2, 0.25) is 0 Å². The standard InChI is InChI=1S/C16H18N4O/c17-13-3-1-2-10-6-7-20(9-12(10)13)14-8-15(21)19-16(18-14)11-4-5-11/h1-3,8,11H,4-7,9,17H2,(H,18,19,21). The molecular weight excluding hydrogens is 264 g/mol. The molecule has 0 saturated heterocycles. The minimum absolute atomic E-state index is 0.0614. The number of fused-ring (bicyclic) bond motifs is 1. The van der Waals surface area contributed by atoms with Crippen LogP contribution in [-0.2, 0) is 13.0 Å². The summed E-state index contributed by atoms with van der Waals surface area (Å²) in [5, 5.41) is 0. The predicted octanol–water partition coefficient (Wildman–Crippen LogP) is 1.79. The second kappa shape index (κ2) is 4.62. The molecule has 0 bridgehead atoms. The molecule has 1 aromatic heterocycles. The first kappa shape index (κ1) is 12.4. The molecule has 1 fully saturated rings. The van der Waals surface area contributed by atoms with Crippen LogP contribution in [0.4, 0.5) is 11.5 Å². The summed E-state index contributed by atoms with van der Waals surface area (Å²) in [4.78, 5) is 21.5. The first-order valence-corrected chi connectivity index (χ1v) is 7.43. The minimum Gasteiger partial charge on any atom is -0.398 e. The Hall–Kier alpha value is -2.30. The average Bonchev–Trinajstić information content (AvgIpc) is 3.31. The Morgan fingerprint density at radius 3 is 3.00 bits per heavy atom. The minimum atomic E-state index is -0.0614. The van der Waals surface area contributed by atoms with Crippen LogP contribution in [0.1, 0.15) is 35.7 Å². The first-order chi connectivity index (χ1) is 10.2. The molecule has 5 nitrogen and oxygen atoms in total. The van der Waals surface area contributed by atoms with E-state index in [1.54, 1.807) is 6.07 Å². The van der Waals surface area contributed by atoms with Gasteiger partial charge in [-0.15, -0.1) is 0 Å². The van der Waals surface area contributed by atoms with E-state index in [-0.39, 0.29) is 5.56 Å². The van der Waals surface area contributed by atoms with E-state index >= 15 is 0 Å². The number of rotatable bonds is 2. The van der Waals surface area contributed by atoms with Crippen LogP contribution >= 0.6 is 0 Å². The number of nitrogen functional groups attached to an aromatic ring is 1. The van der Waals surface area contributed by atoms with E-state index in [0.717, 1.165) is 49.7 Å². The van der Waals surface area contributed by atoms with E-state index in [2.05, 4.69) is 20.9 Å². The molecule has 1 aliphatic carbocycles. The van der Waals surface area contributed by atoms with Gasteiger partial charge < -0.3 is 15.6 Å². The highest BCUT2D eigenvalue weighted by atomic mass is 16.1. The Kier molecular flexibility index (Phi) is 2.74. The molecule has 1 saturated carbocycles. The van der Waals surface area contributed by atoms with E-state index in [9.17, 15) is 4.79 Å². The van der Waals surface area contributed by atoms with Gasteiger partial charge in [-0.3, -0.25) is 4.79 Å². The molecular formula is C16H18N4O. The molecule has 0 spiro atoms. The lowest BCUT2D eigenvalue weighted by Crippen LogP contribution is -2.33. The predicted molar refractivity (Wildman–Crippen MR) is 82.4 cm³/mol. The lowest BCUT2D eigenvalue weighted by molar-refractivity contribution is 0.714. The Morgan fingerprint density at radius 2 is 2.19 bits per heavy atom. The van der Waals surface area contributed by atoms with Gasteiger partial charge in [-0.2, -0.15) is 0 Å². The third kappa shape index (κ3) is 2.28. The van der Waals surface area contributed by atoms with Gasteiger partial charge in [0.15, 0.2) is 0 Å². The van der Waals surface area contributed by atoms with Gasteiger partial charge in [0.25, 0.3) is 5.56 Å². The molecule has 0 amide bonds. The summed E-state index contributed by atoms with van der Waals surface area (Å²) >= 11 is 0. The largest absolute Gasteiger partial charge is 0.398 e. The number of hydrogen-bond donors (Lipinski definition) is 2. The summed E-state index contributed by atoms with van der Waals surface area (Å²) in [7, 11) is 0. The zero-order valence-corrected chi connectivity index (χ0v) is 11.8. The van der Waals surface area contributed by atoms with Crippen LogP contribution in [0.15, 0.2) is 29.1 Å². The number of anilines is 2. The van der Waals surface area contributed by atoms with Gasteiger partial charge in [0.1, 0.15) is 11.6 Å². The molecule has 2 aromatic rings. The Morgan fingerprint density at radius 1 is 1.33 bits per heavy atom. The quantitative estimate of drug-likeness (QED) is 0.824. The van der Waals surface area contributed by atoms with Gasteiger partial charge in [-0.25, -0.2) is 4.98 Å². The van der Waals surface area contributed by atoms with Crippen LogP contribution in [0.5, 0.6) is 0 Å². The zero-order chi connectivity index (χ0) is 14.4. The van der Waals surface area contributed by atoms with E-state index in [4.69, 9.17) is 5.73 Å². The zero-order valence-electron chi connectivity index (χ0n) is 11.8. The molecule has 4 rings (SSSR count). The van der Waals surface area contributed by atoms with Crippen molar-refractivity contribution in [3.05, 3.63) is 51.6 Å². The lowest BCUT2D eigenvalue weighted by atomic mass is 9.98. The molecule has 0 unspecified atom stereocenters. The van der Waals surface area contributed by atoms with Crippen LogP contribution in [-0.4, -0.2) is 16.5 Å². The van der Waals surface area contributed by atoms with Gasteiger partial charge in [-0.1, -0.05) is 12.1 Å². The fraction of sp³-hybridized carbons (Fsp3) is 0.375. The fourth-order valence-electron chi connectivity index (χ4n) is 2.98. The van der Waals surface area contributed by atoms with Gasteiger partial charge in [0, 0.05) is 30.8 Å². The number of nitrogens with two attached hydrogens (primary N) is 1. The van der Waals surface area contributed by atoms with Crippen molar-refractivity contribution in [3.8, 4) is 0 Å². The van der Waals surface area contributed by atoms with Gasteiger partial charge in [0.05, 0.1) is 0 Å². The fourth-order valence-corrected chi connectivity index (χ4v) is 2.98. The lowest BCUT2D eigenvalue weighted by Gasteiger charge is -2.30. The van der Waals surface area contributed by atoms with Gasteiger partial charge in [0.2, 0.25) is 0 Å². The van der Waals surface area contributed by atoms with Crippen molar-refractivity contribution < 1.29 is 0 Å². The first-order valence-electron chi connectivity index (χ1n) is 7.43. The van der Waals surface area contributed by atoms with Gasteiger partial charge >= 0.3 is 0 Å². The molecule has 3 N–H and O–H groups in total. The summed E-state index contributed by atoms with van der Waals surface area (Å²) < 4.78 is 0. The molecule has 1 aliphatic heterocycles. The molecule has 108 valence electrons. The molecule has 2 heterocycles. The van der Waals surface area contributed by atoms with Crippen LogP contribution < -0.4 is 16.2 Å². The summed E-state index contributed by atoms with van der Waals surface area (Å²) in [5.41, 5.74) is 9.32. The van der Waals surface area contributed by atoms with E-state index in [0.29, 0.717) is 5.92 Å². The maximum absolute atomic E-state index is 11.9. The highest BCUT2D eigenvalue weighted by Gasteiger charge is 2.27. The molecule has 5 heteroatoms. The van der Waals surface area contributed by atoms with E-state index in [1.807, 2.05) is 12.1 Å². The van der Waals surface area contributed by atoms with Crippen molar-refractivity contribution >= 4 is 11.5 Å². The third-order valence-electron chi connectivity index (χ3n) is 4.34. The molecule has 2 aliphatic rings. The monoisotopic (exact) mass is 282 g/mol. The summed E-state index contributed by atoms with van der Waals surface area (Å²) in [5.74, 6) is 2.05. The number of nitrogens with zero attached hydrogens (tertiary/aromatic N) is 2. The Labute approximate surface area is 122 Å². The van der Waals surface area contributed by atoms with Crippen LogP contribution in [0.25, 0.3) is 0 Å².